The van der Waals surface area contributed by atoms with Crippen LogP contribution >= 0.6 is 0 Å². The van der Waals surface area contributed by atoms with Crippen LogP contribution in [0.15, 0.2) is 79.0 Å². The fourth-order valence-electron chi connectivity index (χ4n) is 3.93. The van der Waals surface area contributed by atoms with Gasteiger partial charge in [0.05, 0.1) is 19.7 Å². The van der Waals surface area contributed by atoms with Gasteiger partial charge in [0.25, 0.3) is 0 Å². The Kier molecular flexibility index (Phi) is 6.37. The van der Waals surface area contributed by atoms with Gasteiger partial charge in [-0.1, -0.05) is 36.4 Å². The number of hydrogen-bond acceptors (Lipinski definition) is 3. The van der Waals surface area contributed by atoms with Gasteiger partial charge in [-0.3, -0.25) is 4.79 Å². The highest BCUT2D eigenvalue weighted by atomic mass is 16.5. The van der Waals surface area contributed by atoms with Gasteiger partial charge in [0.2, 0.25) is 0 Å². The predicted octanol–water partition coefficient (Wildman–Crippen LogP) is 5.53. The molecule has 158 valence electrons. The first kappa shape index (κ1) is 20.7. The molecule has 0 amide bonds. The van der Waals surface area contributed by atoms with Crippen LogP contribution in [-0.2, 0) is 28.8 Å². The smallest absolute Gasteiger partial charge is 0.305 e. The van der Waals surface area contributed by atoms with Crippen molar-refractivity contribution in [1.29, 1.82) is 0 Å². The molecule has 1 aromatic heterocycles. The van der Waals surface area contributed by atoms with Crippen molar-refractivity contribution in [3.8, 4) is 11.4 Å². The maximum atomic E-state index is 11.6. The predicted molar refractivity (Wildman–Crippen MR) is 124 cm³/mol. The summed E-state index contributed by atoms with van der Waals surface area (Å²) in [5.74, 6) is 0.662. The molecule has 0 fully saturated rings. The molecule has 0 spiro atoms. The van der Waals surface area contributed by atoms with E-state index in [0.717, 1.165) is 35.4 Å². The third kappa shape index (κ3) is 4.80. The van der Waals surface area contributed by atoms with Gasteiger partial charge < -0.3 is 14.0 Å². The minimum atomic E-state index is -0.180. The summed E-state index contributed by atoms with van der Waals surface area (Å²) in [5, 5.41) is 1.23. The fraction of sp³-hybridized carbons (Fsp3) is 0.222. The molecule has 0 unspecified atom stereocenters. The molecule has 31 heavy (non-hydrogen) atoms. The Morgan fingerprint density at radius 2 is 1.61 bits per heavy atom. The Balaban J connectivity index is 1.70. The Labute approximate surface area is 183 Å². The zero-order valence-electron chi connectivity index (χ0n) is 18.0. The van der Waals surface area contributed by atoms with E-state index in [0.29, 0.717) is 12.8 Å². The Bertz CT molecular complexity index is 1160. The molecule has 4 nitrogen and oxygen atoms in total. The van der Waals surface area contributed by atoms with Crippen molar-refractivity contribution in [1.82, 2.24) is 4.57 Å². The summed E-state index contributed by atoms with van der Waals surface area (Å²) in [6.45, 7) is 0. The highest BCUT2D eigenvalue weighted by Crippen LogP contribution is 2.28. The van der Waals surface area contributed by atoms with Crippen molar-refractivity contribution in [3.63, 3.8) is 0 Å². The third-order valence-corrected chi connectivity index (χ3v) is 5.67. The van der Waals surface area contributed by atoms with Gasteiger partial charge in [0.1, 0.15) is 5.75 Å². The van der Waals surface area contributed by atoms with Crippen LogP contribution in [0.3, 0.4) is 0 Å². The van der Waals surface area contributed by atoms with Crippen LogP contribution in [-0.4, -0.2) is 24.8 Å². The molecular weight excluding hydrogens is 386 g/mol. The van der Waals surface area contributed by atoms with Crippen LogP contribution < -0.4 is 4.74 Å². The maximum Gasteiger partial charge on any atom is 0.305 e. The van der Waals surface area contributed by atoms with Crippen molar-refractivity contribution in [2.24, 2.45) is 0 Å². The molecule has 3 aromatic carbocycles. The highest BCUT2D eigenvalue weighted by Gasteiger charge is 2.12. The lowest BCUT2D eigenvalue weighted by Crippen LogP contribution is -2.01. The van der Waals surface area contributed by atoms with Crippen molar-refractivity contribution in [2.75, 3.05) is 14.2 Å². The van der Waals surface area contributed by atoms with Crippen molar-refractivity contribution < 1.29 is 14.3 Å². The van der Waals surface area contributed by atoms with Gasteiger partial charge >= 0.3 is 5.97 Å². The largest absolute Gasteiger partial charge is 0.497 e. The lowest BCUT2D eigenvalue weighted by atomic mass is 10.0. The maximum absolute atomic E-state index is 11.6. The highest BCUT2D eigenvalue weighted by molar-refractivity contribution is 5.86. The lowest BCUT2D eigenvalue weighted by Gasteiger charge is -2.07. The lowest BCUT2D eigenvalue weighted by molar-refractivity contribution is -0.140. The Morgan fingerprint density at radius 1 is 0.839 bits per heavy atom. The number of ether oxygens (including phenoxy) is 2. The van der Waals surface area contributed by atoms with Crippen LogP contribution in [0.1, 0.15) is 23.1 Å². The van der Waals surface area contributed by atoms with E-state index >= 15 is 0 Å². The number of methoxy groups -OCH3 is 2. The van der Waals surface area contributed by atoms with E-state index in [1.54, 1.807) is 7.11 Å². The van der Waals surface area contributed by atoms with Gasteiger partial charge in [-0.05, 0) is 72.4 Å². The van der Waals surface area contributed by atoms with Gasteiger partial charge in [-0.15, -0.1) is 0 Å². The standard InChI is InChI=1S/C27H27NO3/c1-30-24-14-12-23(13-15-24)28-19-22(11-8-20-6-4-3-5-7-20)25-18-21(9-16-26(25)28)10-17-27(29)31-2/h3-7,9,12-16,18-19H,8,10-11,17H2,1-2H3. The molecule has 0 radical (unpaired) electrons. The number of hydrogen-bond donors (Lipinski definition) is 0. The third-order valence-electron chi connectivity index (χ3n) is 5.67. The van der Waals surface area contributed by atoms with Crippen LogP contribution in [0.2, 0.25) is 0 Å². The topological polar surface area (TPSA) is 40.5 Å². The second-order valence-corrected chi connectivity index (χ2v) is 7.64. The van der Waals surface area contributed by atoms with E-state index < -0.39 is 0 Å². The van der Waals surface area contributed by atoms with Crippen molar-refractivity contribution in [2.45, 2.75) is 25.7 Å². The summed E-state index contributed by atoms with van der Waals surface area (Å²) in [4.78, 5) is 11.6. The zero-order chi connectivity index (χ0) is 21.6. The average Bonchev–Trinajstić information content (AvgIpc) is 3.19. The first-order valence-electron chi connectivity index (χ1n) is 10.6. The summed E-state index contributed by atoms with van der Waals surface area (Å²) in [6, 6.07) is 25.1. The zero-order valence-corrected chi connectivity index (χ0v) is 18.0. The molecular formula is C27H27NO3. The molecule has 4 heteroatoms. The van der Waals surface area contributed by atoms with Crippen molar-refractivity contribution >= 4 is 16.9 Å². The number of carbonyl (C=O) groups excluding carboxylic acids is 1. The molecule has 4 aromatic rings. The number of esters is 1. The Morgan fingerprint density at radius 3 is 2.32 bits per heavy atom. The molecule has 4 rings (SSSR count). The molecule has 0 aliphatic rings. The van der Waals surface area contributed by atoms with E-state index in [-0.39, 0.29) is 5.97 Å². The number of fused-ring (bicyclic) bond motifs is 1. The number of benzene rings is 3. The first-order valence-corrected chi connectivity index (χ1v) is 10.6. The fourth-order valence-corrected chi connectivity index (χ4v) is 3.93. The van der Waals surface area contributed by atoms with E-state index in [2.05, 4.69) is 65.4 Å². The SMILES string of the molecule is COC(=O)CCc1ccc2c(c1)c(CCc1ccccc1)cn2-c1ccc(OC)cc1. The number of nitrogens with zero attached hydrogens (tertiary/aromatic N) is 1. The summed E-state index contributed by atoms with van der Waals surface area (Å²) in [5.41, 5.74) is 6.03. The monoisotopic (exact) mass is 413 g/mol. The van der Waals surface area contributed by atoms with Gasteiger partial charge in [-0.2, -0.15) is 0 Å². The van der Waals surface area contributed by atoms with E-state index in [1.807, 2.05) is 18.2 Å². The molecule has 0 bridgehead atoms. The molecule has 0 saturated carbocycles. The summed E-state index contributed by atoms with van der Waals surface area (Å²) in [7, 11) is 3.11. The van der Waals surface area contributed by atoms with Gasteiger partial charge in [0.15, 0.2) is 0 Å². The minimum absolute atomic E-state index is 0.180. The number of rotatable bonds is 8. The first-order chi connectivity index (χ1) is 15.2. The Hall–Kier alpha value is -3.53. The van der Waals surface area contributed by atoms with Gasteiger partial charge in [-0.25, -0.2) is 0 Å². The van der Waals surface area contributed by atoms with Crippen LogP contribution in [0.4, 0.5) is 0 Å². The van der Waals surface area contributed by atoms with E-state index in [1.165, 1.54) is 23.6 Å². The second kappa shape index (κ2) is 9.52. The van der Waals surface area contributed by atoms with Crippen LogP contribution in [0.25, 0.3) is 16.6 Å². The number of aryl methyl sites for hydroxylation is 3. The molecule has 0 N–H and O–H groups in total. The van der Waals surface area contributed by atoms with Crippen LogP contribution in [0.5, 0.6) is 5.75 Å². The summed E-state index contributed by atoms with van der Waals surface area (Å²) in [6.07, 6.45) is 5.23. The molecule has 0 aliphatic carbocycles. The molecule has 0 saturated heterocycles. The van der Waals surface area contributed by atoms with E-state index in [4.69, 9.17) is 9.47 Å². The minimum Gasteiger partial charge on any atom is -0.497 e. The molecule has 0 atom stereocenters. The summed E-state index contributed by atoms with van der Waals surface area (Å²) < 4.78 is 12.3. The average molecular weight is 414 g/mol. The summed E-state index contributed by atoms with van der Waals surface area (Å²) >= 11 is 0. The van der Waals surface area contributed by atoms with Crippen molar-refractivity contribution in [3.05, 3.63) is 95.7 Å². The van der Waals surface area contributed by atoms with Crippen LogP contribution in [0, 0.1) is 0 Å². The normalized spacial score (nSPS) is 10.9. The quantitative estimate of drug-likeness (QED) is 0.357. The van der Waals surface area contributed by atoms with E-state index in [9.17, 15) is 4.79 Å². The second-order valence-electron chi connectivity index (χ2n) is 7.64. The number of carbonyl (C=O) groups is 1. The molecule has 0 aliphatic heterocycles. The molecule has 1 heterocycles. The number of aromatic nitrogens is 1. The van der Waals surface area contributed by atoms with Gasteiger partial charge in [0, 0.05) is 23.7 Å².